The minimum atomic E-state index is -0.573. The molecule has 0 aliphatic heterocycles. The van der Waals surface area contributed by atoms with Crippen LogP contribution in [0.15, 0.2) is 18.3 Å². The third kappa shape index (κ3) is 2.29. The van der Waals surface area contributed by atoms with E-state index in [2.05, 4.69) is 4.98 Å². The number of aliphatic hydroxyl groups is 2. The molecule has 0 aromatic carbocycles. The summed E-state index contributed by atoms with van der Waals surface area (Å²) in [5.41, 5.74) is 1.70. The van der Waals surface area contributed by atoms with Gasteiger partial charge >= 0.3 is 0 Å². The van der Waals surface area contributed by atoms with E-state index in [-0.39, 0.29) is 6.61 Å². The zero-order chi connectivity index (χ0) is 8.97. The van der Waals surface area contributed by atoms with Crippen LogP contribution in [0.25, 0.3) is 0 Å². The van der Waals surface area contributed by atoms with E-state index in [9.17, 15) is 5.11 Å². The Bertz CT molecular complexity index is 250. The second kappa shape index (κ2) is 4.18. The number of aliphatic hydroxyl groups excluding tert-OH is 2. The summed E-state index contributed by atoms with van der Waals surface area (Å²) in [5.74, 6) is 0. The van der Waals surface area contributed by atoms with Crippen molar-refractivity contribution in [3.63, 3.8) is 0 Å². The Morgan fingerprint density at radius 3 is 2.92 bits per heavy atom. The van der Waals surface area contributed by atoms with Gasteiger partial charge in [-0.15, -0.1) is 0 Å². The molecule has 1 rings (SSSR count). The molecule has 3 heteroatoms. The maximum atomic E-state index is 9.46. The minimum absolute atomic E-state index is 0.00252. The van der Waals surface area contributed by atoms with Crippen LogP contribution in [0.5, 0.6) is 0 Å². The van der Waals surface area contributed by atoms with Crippen LogP contribution in [-0.4, -0.2) is 21.8 Å². The molecule has 1 aromatic rings. The summed E-state index contributed by atoms with van der Waals surface area (Å²) in [6, 6.07) is 3.58. The topological polar surface area (TPSA) is 53.4 Å². The summed E-state index contributed by atoms with van der Waals surface area (Å²) in [4.78, 5) is 4.01. The second-order valence-corrected chi connectivity index (χ2v) is 2.76. The van der Waals surface area contributed by atoms with Crippen LogP contribution in [-0.2, 0) is 0 Å². The Kier molecular flexibility index (Phi) is 3.19. The van der Waals surface area contributed by atoms with Gasteiger partial charge in [-0.1, -0.05) is 0 Å². The van der Waals surface area contributed by atoms with Crippen LogP contribution >= 0.6 is 0 Å². The van der Waals surface area contributed by atoms with E-state index in [0.29, 0.717) is 6.42 Å². The van der Waals surface area contributed by atoms with Gasteiger partial charge in [0.25, 0.3) is 0 Å². The van der Waals surface area contributed by atoms with E-state index in [0.717, 1.165) is 11.3 Å². The van der Waals surface area contributed by atoms with Crippen molar-refractivity contribution in [1.29, 1.82) is 0 Å². The van der Waals surface area contributed by atoms with Gasteiger partial charge in [0.1, 0.15) is 0 Å². The molecule has 0 radical (unpaired) electrons. The lowest BCUT2D eigenvalue weighted by Gasteiger charge is -2.08. The molecule has 3 nitrogen and oxygen atoms in total. The number of hydrogen-bond donors (Lipinski definition) is 2. The van der Waals surface area contributed by atoms with Gasteiger partial charge in [0.05, 0.1) is 6.10 Å². The lowest BCUT2D eigenvalue weighted by molar-refractivity contribution is 0.134. The normalized spacial score (nSPS) is 12.9. The molecule has 0 aliphatic carbocycles. The molecule has 0 saturated carbocycles. The van der Waals surface area contributed by atoms with Crippen LogP contribution in [0.2, 0.25) is 0 Å². The van der Waals surface area contributed by atoms with E-state index in [1.807, 2.05) is 13.0 Å². The molecule has 1 atom stereocenters. The number of pyridine rings is 1. The molecule has 1 unspecified atom stereocenters. The fourth-order valence-corrected chi connectivity index (χ4v) is 1.06. The summed E-state index contributed by atoms with van der Waals surface area (Å²) in [6.45, 7) is 1.87. The van der Waals surface area contributed by atoms with Crippen molar-refractivity contribution in [2.24, 2.45) is 0 Å². The highest BCUT2D eigenvalue weighted by molar-refractivity contribution is 5.17. The Morgan fingerprint density at radius 2 is 2.33 bits per heavy atom. The molecule has 0 spiro atoms. The van der Waals surface area contributed by atoms with Crippen LogP contribution in [0.1, 0.15) is 23.8 Å². The second-order valence-electron chi connectivity index (χ2n) is 2.76. The van der Waals surface area contributed by atoms with Crippen LogP contribution in [0.4, 0.5) is 0 Å². The zero-order valence-corrected chi connectivity index (χ0v) is 7.07. The fraction of sp³-hybridized carbons (Fsp3) is 0.444. The van der Waals surface area contributed by atoms with Crippen molar-refractivity contribution in [2.45, 2.75) is 19.4 Å². The Morgan fingerprint density at radius 1 is 1.58 bits per heavy atom. The summed E-state index contributed by atoms with van der Waals surface area (Å²) < 4.78 is 0. The average Bonchev–Trinajstić information content (AvgIpc) is 2.05. The fourth-order valence-electron chi connectivity index (χ4n) is 1.06. The summed E-state index contributed by atoms with van der Waals surface area (Å²) >= 11 is 0. The molecule has 1 heterocycles. The third-order valence-corrected chi connectivity index (χ3v) is 1.71. The predicted octanol–water partition coefficient (Wildman–Crippen LogP) is 0.806. The van der Waals surface area contributed by atoms with Crippen molar-refractivity contribution in [3.05, 3.63) is 29.6 Å². The highest BCUT2D eigenvalue weighted by Gasteiger charge is 2.05. The lowest BCUT2D eigenvalue weighted by Crippen LogP contribution is -2.00. The first-order valence-electron chi connectivity index (χ1n) is 3.95. The SMILES string of the molecule is Cc1cc(C(O)CCO)ccn1. The quantitative estimate of drug-likeness (QED) is 0.700. The van der Waals surface area contributed by atoms with Gasteiger partial charge < -0.3 is 10.2 Å². The number of hydrogen-bond acceptors (Lipinski definition) is 3. The average molecular weight is 167 g/mol. The third-order valence-electron chi connectivity index (χ3n) is 1.71. The molecular formula is C9H13NO2. The Labute approximate surface area is 71.7 Å². The first-order valence-corrected chi connectivity index (χ1v) is 3.95. The van der Waals surface area contributed by atoms with Gasteiger partial charge in [-0.05, 0) is 24.6 Å². The standard InChI is InChI=1S/C9H13NO2/c1-7-6-8(2-4-10-7)9(12)3-5-11/h2,4,6,9,11-12H,3,5H2,1H3. The summed E-state index contributed by atoms with van der Waals surface area (Å²) in [7, 11) is 0. The van der Waals surface area contributed by atoms with Gasteiger partial charge in [-0.2, -0.15) is 0 Å². The van der Waals surface area contributed by atoms with Gasteiger partial charge in [-0.25, -0.2) is 0 Å². The molecule has 1 aromatic heterocycles. The van der Waals surface area contributed by atoms with Crippen LogP contribution in [0, 0.1) is 6.92 Å². The van der Waals surface area contributed by atoms with Gasteiger partial charge in [0.15, 0.2) is 0 Å². The maximum absolute atomic E-state index is 9.46. The molecule has 0 saturated heterocycles. The largest absolute Gasteiger partial charge is 0.396 e. The monoisotopic (exact) mass is 167 g/mol. The smallest absolute Gasteiger partial charge is 0.0813 e. The molecule has 0 amide bonds. The maximum Gasteiger partial charge on any atom is 0.0813 e. The van der Waals surface area contributed by atoms with Gasteiger partial charge in [0, 0.05) is 24.9 Å². The first kappa shape index (κ1) is 9.16. The molecule has 0 aliphatic rings. The Hall–Kier alpha value is -0.930. The van der Waals surface area contributed by atoms with Gasteiger partial charge in [-0.3, -0.25) is 4.98 Å². The molecular weight excluding hydrogens is 154 g/mol. The molecule has 66 valence electrons. The minimum Gasteiger partial charge on any atom is -0.396 e. The number of nitrogens with zero attached hydrogens (tertiary/aromatic N) is 1. The molecule has 0 bridgehead atoms. The summed E-state index contributed by atoms with van der Waals surface area (Å²) in [5, 5.41) is 18.0. The van der Waals surface area contributed by atoms with Gasteiger partial charge in [0.2, 0.25) is 0 Å². The number of aryl methyl sites for hydroxylation is 1. The van der Waals surface area contributed by atoms with Crippen LogP contribution < -0.4 is 0 Å². The predicted molar refractivity (Wildman–Crippen MR) is 45.6 cm³/mol. The van der Waals surface area contributed by atoms with Crippen molar-refractivity contribution in [3.8, 4) is 0 Å². The van der Waals surface area contributed by atoms with Crippen molar-refractivity contribution < 1.29 is 10.2 Å². The van der Waals surface area contributed by atoms with Crippen molar-refractivity contribution in [2.75, 3.05) is 6.61 Å². The Balaban J connectivity index is 2.73. The van der Waals surface area contributed by atoms with E-state index in [4.69, 9.17) is 5.11 Å². The number of rotatable bonds is 3. The number of aromatic nitrogens is 1. The van der Waals surface area contributed by atoms with Crippen molar-refractivity contribution in [1.82, 2.24) is 4.98 Å². The van der Waals surface area contributed by atoms with E-state index < -0.39 is 6.10 Å². The first-order chi connectivity index (χ1) is 5.74. The highest BCUT2D eigenvalue weighted by Crippen LogP contribution is 2.15. The molecule has 12 heavy (non-hydrogen) atoms. The van der Waals surface area contributed by atoms with E-state index in [1.54, 1.807) is 12.3 Å². The lowest BCUT2D eigenvalue weighted by atomic mass is 10.1. The molecule has 2 N–H and O–H groups in total. The van der Waals surface area contributed by atoms with E-state index >= 15 is 0 Å². The molecule has 0 fully saturated rings. The van der Waals surface area contributed by atoms with E-state index in [1.165, 1.54) is 0 Å². The highest BCUT2D eigenvalue weighted by atomic mass is 16.3. The van der Waals surface area contributed by atoms with Crippen molar-refractivity contribution >= 4 is 0 Å². The summed E-state index contributed by atoms with van der Waals surface area (Å²) in [6.07, 6.45) is 1.46. The zero-order valence-electron chi connectivity index (χ0n) is 7.07. The van der Waals surface area contributed by atoms with Crippen LogP contribution in [0.3, 0.4) is 0 Å².